The SMILES string of the molecule is Cc1cc(Cl)ccc1OCC(=O)NNC(=O)[C@@H]1CCCC[C@@H]1C(=O)O. The number of nitrogens with one attached hydrogen (secondary N) is 2. The van der Waals surface area contributed by atoms with Crippen molar-refractivity contribution in [1.82, 2.24) is 10.9 Å². The molecule has 0 aromatic heterocycles. The number of halogens is 1. The average molecular weight is 369 g/mol. The molecule has 0 aliphatic heterocycles. The molecule has 1 saturated carbocycles. The number of amides is 2. The van der Waals surface area contributed by atoms with Gasteiger partial charge in [-0.25, -0.2) is 0 Å². The number of hydrogen-bond donors (Lipinski definition) is 3. The molecule has 2 rings (SSSR count). The molecule has 2 atom stereocenters. The highest BCUT2D eigenvalue weighted by Crippen LogP contribution is 2.30. The lowest BCUT2D eigenvalue weighted by molar-refractivity contribution is -0.149. The van der Waals surface area contributed by atoms with Gasteiger partial charge in [-0.2, -0.15) is 0 Å². The highest BCUT2D eigenvalue weighted by Gasteiger charge is 2.35. The van der Waals surface area contributed by atoms with Crippen LogP contribution in [-0.2, 0) is 14.4 Å². The summed E-state index contributed by atoms with van der Waals surface area (Å²) < 4.78 is 5.37. The molecular formula is C17H21ClN2O5. The van der Waals surface area contributed by atoms with Crippen LogP contribution in [0.3, 0.4) is 0 Å². The topological polar surface area (TPSA) is 105 Å². The number of hydrazine groups is 1. The molecule has 1 aliphatic rings. The monoisotopic (exact) mass is 368 g/mol. The van der Waals surface area contributed by atoms with E-state index in [1.165, 1.54) is 0 Å². The van der Waals surface area contributed by atoms with Crippen molar-refractivity contribution in [3.63, 3.8) is 0 Å². The fraction of sp³-hybridized carbons (Fsp3) is 0.471. The van der Waals surface area contributed by atoms with E-state index in [1.54, 1.807) is 25.1 Å². The summed E-state index contributed by atoms with van der Waals surface area (Å²) in [6, 6.07) is 5.02. The Morgan fingerprint density at radius 2 is 1.88 bits per heavy atom. The first-order chi connectivity index (χ1) is 11.9. The molecule has 1 aromatic carbocycles. The summed E-state index contributed by atoms with van der Waals surface area (Å²) in [5, 5.41) is 9.77. The second kappa shape index (κ2) is 8.71. The van der Waals surface area contributed by atoms with E-state index in [-0.39, 0.29) is 6.61 Å². The van der Waals surface area contributed by atoms with Crippen molar-refractivity contribution in [1.29, 1.82) is 0 Å². The largest absolute Gasteiger partial charge is 0.483 e. The number of carboxylic acid groups (broad SMARTS) is 1. The number of benzene rings is 1. The van der Waals surface area contributed by atoms with Gasteiger partial charge in [-0.1, -0.05) is 24.4 Å². The van der Waals surface area contributed by atoms with Crippen LogP contribution in [-0.4, -0.2) is 29.5 Å². The lowest BCUT2D eigenvalue weighted by Crippen LogP contribution is -2.49. The Morgan fingerprint density at radius 3 is 2.52 bits per heavy atom. The first-order valence-corrected chi connectivity index (χ1v) is 8.46. The van der Waals surface area contributed by atoms with Gasteiger partial charge in [-0.3, -0.25) is 25.2 Å². The Kier molecular flexibility index (Phi) is 6.64. The summed E-state index contributed by atoms with van der Waals surface area (Å²) in [6.07, 6.45) is 2.57. The zero-order valence-electron chi connectivity index (χ0n) is 13.9. The zero-order valence-corrected chi connectivity index (χ0v) is 14.6. The first kappa shape index (κ1) is 19.1. The summed E-state index contributed by atoms with van der Waals surface area (Å²) in [5.74, 6) is -2.82. The van der Waals surface area contributed by atoms with Gasteiger partial charge < -0.3 is 9.84 Å². The summed E-state index contributed by atoms with van der Waals surface area (Å²) >= 11 is 5.85. The second-order valence-corrected chi connectivity index (χ2v) is 6.51. The van der Waals surface area contributed by atoms with Gasteiger partial charge in [0.25, 0.3) is 5.91 Å². The van der Waals surface area contributed by atoms with E-state index in [0.29, 0.717) is 23.6 Å². The summed E-state index contributed by atoms with van der Waals surface area (Å²) in [6.45, 7) is 1.52. The average Bonchev–Trinajstić information content (AvgIpc) is 2.58. The third-order valence-electron chi connectivity index (χ3n) is 4.24. The van der Waals surface area contributed by atoms with Crippen LogP contribution in [0, 0.1) is 18.8 Å². The van der Waals surface area contributed by atoms with E-state index < -0.39 is 29.6 Å². The third kappa shape index (κ3) is 5.35. The zero-order chi connectivity index (χ0) is 18.4. The minimum absolute atomic E-state index is 0.282. The smallest absolute Gasteiger partial charge is 0.307 e. The fourth-order valence-corrected chi connectivity index (χ4v) is 3.15. The molecule has 2 amide bonds. The Balaban J connectivity index is 1.80. The van der Waals surface area contributed by atoms with Crippen LogP contribution in [0.25, 0.3) is 0 Å². The van der Waals surface area contributed by atoms with E-state index in [2.05, 4.69) is 10.9 Å². The Bertz CT molecular complexity index is 664. The molecule has 3 N–H and O–H groups in total. The Morgan fingerprint density at radius 1 is 1.20 bits per heavy atom. The van der Waals surface area contributed by atoms with E-state index in [4.69, 9.17) is 16.3 Å². The van der Waals surface area contributed by atoms with Crippen LogP contribution in [0.2, 0.25) is 5.02 Å². The van der Waals surface area contributed by atoms with Crippen molar-refractivity contribution < 1.29 is 24.2 Å². The van der Waals surface area contributed by atoms with Crippen molar-refractivity contribution >= 4 is 29.4 Å². The summed E-state index contributed by atoms with van der Waals surface area (Å²) in [4.78, 5) is 35.2. The molecule has 1 fully saturated rings. The third-order valence-corrected chi connectivity index (χ3v) is 4.48. The molecule has 0 radical (unpaired) electrons. The Hall–Kier alpha value is -2.28. The van der Waals surface area contributed by atoms with Gasteiger partial charge in [-0.05, 0) is 43.5 Å². The Labute approximate surface area is 150 Å². The van der Waals surface area contributed by atoms with E-state index in [1.807, 2.05) is 0 Å². The highest BCUT2D eigenvalue weighted by atomic mass is 35.5. The number of aliphatic carboxylic acids is 1. The number of ether oxygens (including phenoxy) is 1. The normalized spacial score (nSPS) is 19.8. The molecular weight excluding hydrogens is 348 g/mol. The number of hydrogen-bond acceptors (Lipinski definition) is 4. The van der Waals surface area contributed by atoms with Crippen LogP contribution < -0.4 is 15.6 Å². The molecule has 7 nitrogen and oxygen atoms in total. The van der Waals surface area contributed by atoms with Gasteiger partial charge in [0, 0.05) is 5.02 Å². The predicted molar refractivity (Wildman–Crippen MR) is 91.1 cm³/mol. The maximum absolute atomic E-state index is 12.1. The minimum atomic E-state index is -0.979. The molecule has 0 saturated heterocycles. The first-order valence-electron chi connectivity index (χ1n) is 8.09. The molecule has 25 heavy (non-hydrogen) atoms. The van der Waals surface area contributed by atoms with Gasteiger partial charge in [0.05, 0.1) is 11.8 Å². The molecule has 0 spiro atoms. The molecule has 1 aliphatic carbocycles. The lowest BCUT2D eigenvalue weighted by Gasteiger charge is -2.27. The van der Waals surface area contributed by atoms with Crippen molar-refractivity contribution in [2.45, 2.75) is 32.6 Å². The number of aryl methyl sites for hydroxylation is 1. The van der Waals surface area contributed by atoms with E-state index in [9.17, 15) is 19.5 Å². The molecule has 8 heteroatoms. The van der Waals surface area contributed by atoms with Crippen molar-refractivity contribution in [2.75, 3.05) is 6.61 Å². The van der Waals surface area contributed by atoms with E-state index in [0.717, 1.165) is 18.4 Å². The summed E-state index contributed by atoms with van der Waals surface area (Å²) in [5.41, 5.74) is 5.34. The van der Waals surface area contributed by atoms with Crippen LogP contribution in [0.4, 0.5) is 0 Å². The van der Waals surface area contributed by atoms with Crippen LogP contribution >= 0.6 is 11.6 Å². The molecule has 136 valence electrons. The number of carboxylic acids is 1. The standard InChI is InChI=1S/C17H21ClN2O5/c1-10-8-11(18)6-7-14(10)25-9-15(21)19-20-16(22)12-4-2-3-5-13(12)17(23)24/h6-8,12-13H,2-5,9H2,1H3,(H,19,21)(H,20,22)(H,23,24)/t12-,13+/m1/s1. The van der Waals surface area contributed by atoms with Crippen molar-refractivity contribution in [3.8, 4) is 5.75 Å². The lowest BCUT2D eigenvalue weighted by atomic mass is 9.79. The quantitative estimate of drug-likeness (QED) is 0.690. The maximum Gasteiger partial charge on any atom is 0.307 e. The van der Waals surface area contributed by atoms with Crippen molar-refractivity contribution in [3.05, 3.63) is 28.8 Å². The van der Waals surface area contributed by atoms with Gasteiger partial charge >= 0.3 is 5.97 Å². The van der Waals surface area contributed by atoms with Gasteiger partial charge in [0.1, 0.15) is 5.75 Å². The number of rotatable bonds is 5. The van der Waals surface area contributed by atoms with Crippen LogP contribution in [0.1, 0.15) is 31.2 Å². The highest BCUT2D eigenvalue weighted by molar-refractivity contribution is 6.30. The molecule has 0 bridgehead atoms. The molecule has 0 heterocycles. The van der Waals surface area contributed by atoms with E-state index >= 15 is 0 Å². The van der Waals surface area contributed by atoms with Crippen molar-refractivity contribution in [2.24, 2.45) is 11.8 Å². The second-order valence-electron chi connectivity index (χ2n) is 6.07. The maximum atomic E-state index is 12.1. The molecule has 1 aromatic rings. The number of carbonyl (C=O) groups is 3. The van der Waals surface area contributed by atoms with Gasteiger partial charge in [0.15, 0.2) is 6.61 Å². The van der Waals surface area contributed by atoms with Crippen LogP contribution in [0.5, 0.6) is 5.75 Å². The van der Waals surface area contributed by atoms with Gasteiger partial charge in [-0.15, -0.1) is 0 Å². The minimum Gasteiger partial charge on any atom is -0.483 e. The van der Waals surface area contributed by atoms with Crippen LogP contribution in [0.15, 0.2) is 18.2 Å². The predicted octanol–water partition coefficient (Wildman–Crippen LogP) is 2.07. The molecule has 0 unspecified atom stereocenters. The summed E-state index contributed by atoms with van der Waals surface area (Å²) in [7, 11) is 0. The number of carbonyl (C=O) groups excluding carboxylic acids is 2. The fourth-order valence-electron chi connectivity index (χ4n) is 2.92. The van der Waals surface area contributed by atoms with Gasteiger partial charge in [0.2, 0.25) is 5.91 Å².